The third-order valence-electron chi connectivity index (χ3n) is 4.54. The first-order valence-electron chi connectivity index (χ1n) is 6.73. The summed E-state index contributed by atoms with van der Waals surface area (Å²) in [6.45, 7) is 4.31. The molecule has 2 atom stereocenters. The van der Waals surface area contributed by atoms with E-state index in [1.165, 1.54) is 62.6 Å². The van der Waals surface area contributed by atoms with Gasteiger partial charge < -0.3 is 9.80 Å². The summed E-state index contributed by atoms with van der Waals surface area (Å²) in [6, 6.07) is 0.811. The maximum atomic E-state index is 3.44. The molecule has 0 aromatic rings. The topological polar surface area (TPSA) is 12.0 Å². The van der Waals surface area contributed by atoms with Gasteiger partial charge in [-0.25, -0.2) is 0 Å². The van der Waals surface area contributed by atoms with Gasteiger partial charge in [0.25, 0.3) is 0 Å². The molecule has 2 unspecified atom stereocenters. The predicted molar refractivity (Wildman–Crippen MR) is 64.8 cm³/mol. The molecular weight excluding hydrogens is 184 g/mol. The van der Waals surface area contributed by atoms with Gasteiger partial charge in [0, 0.05) is 12.0 Å². The van der Waals surface area contributed by atoms with Gasteiger partial charge in [-0.2, -0.15) is 0 Å². The van der Waals surface area contributed by atoms with Crippen LogP contribution in [0.5, 0.6) is 0 Å². The number of hydrogen-bond acceptors (Lipinski definition) is 1. The first kappa shape index (κ1) is 11.4. The Hall–Kier alpha value is -0.0800. The maximum Gasteiger partial charge on any atom is 0.0813 e. The van der Waals surface area contributed by atoms with Crippen molar-refractivity contribution < 1.29 is 4.48 Å². The first-order chi connectivity index (χ1) is 7.22. The van der Waals surface area contributed by atoms with Crippen molar-refractivity contribution in [1.29, 1.82) is 0 Å². The minimum absolute atomic E-state index is 0.811. The van der Waals surface area contributed by atoms with E-state index < -0.39 is 0 Å². The van der Waals surface area contributed by atoms with Crippen molar-refractivity contribution in [2.45, 2.75) is 44.6 Å². The van der Waals surface area contributed by atoms with E-state index in [9.17, 15) is 0 Å². The van der Waals surface area contributed by atoms with Gasteiger partial charge in [0.1, 0.15) is 0 Å². The van der Waals surface area contributed by atoms with E-state index in [0.717, 1.165) is 12.0 Å². The molecule has 0 aromatic heterocycles. The monoisotopic (exact) mass is 211 g/mol. The fourth-order valence-electron chi connectivity index (χ4n) is 3.58. The predicted octanol–water partition coefficient (Wildman–Crippen LogP) is 2.00. The van der Waals surface area contributed by atoms with Crippen LogP contribution in [0.3, 0.4) is 0 Å². The third kappa shape index (κ3) is 2.94. The van der Waals surface area contributed by atoms with Crippen LogP contribution in [0.4, 0.5) is 0 Å². The zero-order valence-electron chi connectivity index (χ0n) is 10.5. The highest BCUT2D eigenvalue weighted by molar-refractivity contribution is 4.79. The highest BCUT2D eigenvalue weighted by Crippen LogP contribution is 2.29. The van der Waals surface area contributed by atoms with Gasteiger partial charge in [-0.3, -0.25) is 0 Å². The van der Waals surface area contributed by atoms with E-state index in [-0.39, 0.29) is 0 Å². The molecule has 2 aliphatic rings. The van der Waals surface area contributed by atoms with Crippen molar-refractivity contribution in [1.82, 2.24) is 5.32 Å². The Morgan fingerprint density at radius 3 is 2.47 bits per heavy atom. The molecule has 2 rings (SSSR count). The zero-order valence-corrected chi connectivity index (χ0v) is 10.5. The molecule has 0 aromatic carbocycles. The Morgan fingerprint density at radius 2 is 1.87 bits per heavy atom. The molecule has 1 N–H and O–H groups in total. The van der Waals surface area contributed by atoms with E-state index >= 15 is 0 Å². The molecule has 0 bridgehead atoms. The second-order valence-electron chi connectivity index (χ2n) is 5.97. The quantitative estimate of drug-likeness (QED) is 0.704. The Labute approximate surface area is 94.6 Å². The van der Waals surface area contributed by atoms with E-state index in [4.69, 9.17) is 0 Å². The molecule has 1 aliphatic carbocycles. The fourth-order valence-corrected chi connectivity index (χ4v) is 3.58. The molecular formula is C13H27N2+. The van der Waals surface area contributed by atoms with Gasteiger partial charge >= 0.3 is 0 Å². The van der Waals surface area contributed by atoms with Gasteiger partial charge in [0.15, 0.2) is 0 Å². The summed E-state index contributed by atoms with van der Waals surface area (Å²) in [7, 11) is 4.59. The maximum absolute atomic E-state index is 3.44. The Bertz CT molecular complexity index is 197. The summed E-state index contributed by atoms with van der Waals surface area (Å²) in [5.41, 5.74) is 0. The van der Waals surface area contributed by atoms with Gasteiger partial charge in [-0.15, -0.1) is 0 Å². The number of nitrogens with one attached hydrogen (secondary N) is 1. The van der Waals surface area contributed by atoms with Crippen molar-refractivity contribution in [3.63, 3.8) is 0 Å². The molecule has 0 spiro atoms. The molecule has 0 radical (unpaired) electrons. The van der Waals surface area contributed by atoms with Gasteiger partial charge in [0.05, 0.1) is 26.7 Å². The minimum atomic E-state index is 0.811. The van der Waals surface area contributed by atoms with Crippen molar-refractivity contribution >= 4 is 0 Å². The minimum Gasteiger partial charge on any atom is -0.326 e. The second-order valence-corrected chi connectivity index (χ2v) is 5.97. The lowest BCUT2D eigenvalue weighted by molar-refractivity contribution is -0.917. The zero-order chi connectivity index (χ0) is 10.7. The Kier molecular flexibility index (Phi) is 3.68. The van der Waals surface area contributed by atoms with Crippen molar-refractivity contribution in [2.24, 2.45) is 5.92 Å². The van der Waals surface area contributed by atoms with Crippen LogP contribution in [0.1, 0.15) is 38.5 Å². The fraction of sp³-hybridized carbons (Fsp3) is 1.00. The molecule has 2 nitrogen and oxygen atoms in total. The molecule has 1 heterocycles. The van der Waals surface area contributed by atoms with E-state index in [1.54, 1.807) is 0 Å². The largest absolute Gasteiger partial charge is 0.326 e. The molecule has 88 valence electrons. The number of quaternary nitrogens is 1. The second kappa shape index (κ2) is 4.84. The molecule has 1 saturated heterocycles. The van der Waals surface area contributed by atoms with E-state index in [0.29, 0.717) is 0 Å². The van der Waals surface area contributed by atoms with Gasteiger partial charge in [-0.05, 0) is 45.6 Å². The van der Waals surface area contributed by atoms with Gasteiger partial charge in [0.2, 0.25) is 0 Å². The van der Waals surface area contributed by atoms with Crippen molar-refractivity contribution in [3.05, 3.63) is 0 Å². The molecule has 2 heteroatoms. The number of piperidine rings is 1. The highest BCUT2D eigenvalue weighted by Gasteiger charge is 2.32. The first-order valence-corrected chi connectivity index (χ1v) is 6.73. The molecule has 15 heavy (non-hydrogen) atoms. The summed E-state index contributed by atoms with van der Waals surface area (Å²) in [6.07, 6.45) is 8.67. The smallest absolute Gasteiger partial charge is 0.0813 e. The Balaban J connectivity index is 1.80. The normalized spacial score (nSPS) is 35.6. The average Bonchev–Trinajstić information content (AvgIpc) is 2.66. The molecule has 0 amide bonds. The highest BCUT2D eigenvalue weighted by atomic mass is 15.3. The lowest BCUT2D eigenvalue weighted by atomic mass is 10.0. The molecule has 1 aliphatic heterocycles. The summed E-state index contributed by atoms with van der Waals surface area (Å²) in [5.74, 6) is 0.991. The lowest BCUT2D eigenvalue weighted by Gasteiger charge is -2.39. The molecule has 2 fully saturated rings. The van der Waals surface area contributed by atoms with E-state index in [1.807, 2.05) is 0 Å². The molecule has 1 saturated carbocycles. The SMILES string of the molecule is CNC1CCC(C[N+]2(C)CCCCC2)C1. The van der Waals surface area contributed by atoms with Gasteiger partial charge in [-0.1, -0.05) is 0 Å². The van der Waals surface area contributed by atoms with Crippen LogP contribution in [0.25, 0.3) is 0 Å². The van der Waals surface area contributed by atoms with Crippen LogP contribution in [0.2, 0.25) is 0 Å². The summed E-state index contributed by atoms with van der Waals surface area (Å²) in [5, 5.41) is 3.44. The number of rotatable bonds is 3. The van der Waals surface area contributed by atoms with Crippen LogP contribution in [0.15, 0.2) is 0 Å². The lowest BCUT2D eigenvalue weighted by Crippen LogP contribution is -2.50. The van der Waals surface area contributed by atoms with Crippen LogP contribution in [-0.2, 0) is 0 Å². The summed E-state index contributed by atoms with van der Waals surface area (Å²) < 4.78 is 1.36. The van der Waals surface area contributed by atoms with Crippen LogP contribution in [-0.4, -0.2) is 44.3 Å². The van der Waals surface area contributed by atoms with Crippen LogP contribution < -0.4 is 5.32 Å². The third-order valence-corrected chi connectivity index (χ3v) is 4.54. The summed E-state index contributed by atoms with van der Waals surface area (Å²) in [4.78, 5) is 0. The summed E-state index contributed by atoms with van der Waals surface area (Å²) >= 11 is 0. The van der Waals surface area contributed by atoms with Crippen LogP contribution >= 0.6 is 0 Å². The number of nitrogens with zero attached hydrogens (tertiary/aromatic N) is 1. The standard InChI is InChI=1S/C13H27N2/c1-14-13-7-6-12(10-13)11-15(2)8-4-3-5-9-15/h12-14H,3-11H2,1-2H3/q+1. The van der Waals surface area contributed by atoms with Crippen LogP contribution in [0, 0.1) is 5.92 Å². The van der Waals surface area contributed by atoms with Crippen molar-refractivity contribution in [3.8, 4) is 0 Å². The Morgan fingerprint density at radius 1 is 1.13 bits per heavy atom. The van der Waals surface area contributed by atoms with E-state index in [2.05, 4.69) is 19.4 Å². The average molecular weight is 211 g/mol. The number of likely N-dealkylation sites (tertiary alicyclic amines) is 1. The number of hydrogen-bond donors (Lipinski definition) is 1. The van der Waals surface area contributed by atoms with Crippen molar-refractivity contribution in [2.75, 3.05) is 33.7 Å².